The summed E-state index contributed by atoms with van der Waals surface area (Å²) in [6, 6.07) is 1.93. The third kappa shape index (κ3) is 3.78. The molecule has 144 valence electrons. The molecule has 27 heavy (non-hydrogen) atoms. The Labute approximate surface area is 160 Å². The van der Waals surface area contributed by atoms with E-state index in [-0.39, 0.29) is 24.8 Å². The Kier molecular flexibility index (Phi) is 4.79. The smallest absolute Gasteiger partial charge is 0.267 e. The highest BCUT2D eigenvalue weighted by Crippen LogP contribution is 2.35. The molecular formula is C18H21F2N5OS. The second kappa shape index (κ2) is 7.10. The first-order valence-electron chi connectivity index (χ1n) is 9.09. The van der Waals surface area contributed by atoms with E-state index in [2.05, 4.69) is 20.1 Å². The molecule has 1 amide bonds. The third-order valence-corrected chi connectivity index (χ3v) is 6.09. The fourth-order valence-corrected chi connectivity index (χ4v) is 4.50. The number of rotatable bonds is 3. The van der Waals surface area contributed by atoms with Crippen molar-refractivity contribution in [1.29, 1.82) is 0 Å². The number of likely N-dealkylation sites (tertiary alicyclic amines) is 1. The van der Waals surface area contributed by atoms with Gasteiger partial charge >= 0.3 is 0 Å². The lowest BCUT2D eigenvalue weighted by Crippen LogP contribution is -2.42. The van der Waals surface area contributed by atoms with Crippen molar-refractivity contribution in [3.8, 4) is 10.6 Å². The number of hydrogen-bond donors (Lipinski definition) is 0. The number of carbonyl (C=O) groups is 1. The molecule has 2 aliphatic rings. The summed E-state index contributed by atoms with van der Waals surface area (Å²) in [5.41, 5.74) is 1.96. The maximum atomic E-state index is 13.4. The number of anilines is 1. The van der Waals surface area contributed by atoms with Crippen LogP contribution in [0.15, 0.2) is 18.5 Å². The van der Waals surface area contributed by atoms with E-state index >= 15 is 0 Å². The van der Waals surface area contributed by atoms with Gasteiger partial charge in [-0.15, -0.1) is 10.2 Å². The maximum absolute atomic E-state index is 13.4. The molecule has 2 aromatic heterocycles. The largest absolute Gasteiger partial charge is 0.370 e. The molecule has 2 aromatic rings. The van der Waals surface area contributed by atoms with Gasteiger partial charge in [0.1, 0.15) is 10.0 Å². The first-order chi connectivity index (χ1) is 12.9. The van der Waals surface area contributed by atoms with Crippen molar-refractivity contribution in [2.75, 3.05) is 31.1 Å². The van der Waals surface area contributed by atoms with Crippen molar-refractivity contribution < 1.29 is 13.6 Å². The monoisotopic (exact) mass is 393 g/mol. The number of amides is 1. The summed E-state index contributed by atoms with van der Waals surface area (Å²) in [4.78, 5) is 20.3. The van der Waals surface area contributed by atoms with Gasteiger partial charge in [-0.05, 0) is 25.8 Å². The Morgan fingerprint density at radius 3 is 2.67 bits per heavy atom. The van der Waals surface area contributed by atoms with E-state index in [1.165, 1.54) is 16.2 Å². The number of hydrogen-bond acceptors (Lipinski definition) is 6. The van der Waals surface area contributed by atoms with E-state index in [0.29, 0.717) is 25.9 Å². The molecule has 2 aliphatic heterocycles. The van der Waals surface area contributed by atoms with Gasteiger partial charge in [-0.1, -0.05) is 11.3 Å². The zero-order chi connectivity index (χ0) is 19.0. The minimum absolute atomic E-state index is 0.127. The number of carbonyl (C=O) groups excluding carboxylic acids is 1. The van der Waals surface area contributed by atoms with Gasteiger partial charge in [0.25, 0.3) is 5.92 Å². The summed E-state index contributed by atoms with van der Waals surface area (Å²) in [5.74, 6) is -3.04. The van der Waals surface area contributed by atoms with Crippen LogP contribution < -0.4 is 4.90 Å². The van der Waals surface area contributed by atoms with Crippen molar-refractivity contribution in [3.05, 3.63) is 23.5 Å². The lowest BCUT2D eigenvalue weighted by Gasteiger charge is -2.35. The number of alkyl halides is 2. The highest BCUT2D eigenvalue weighted by Gasteiger charge is 2.42. The van der Waals surface area contributed by atoms with Crippen LogP contribution in [0.4, 0.5) is 14.5 Å². The van der Waals surface area contributed by atoms with E-state index < -0.39 is 12.5 Å². The highest BCUT2D eigenvalue weighted by atomic mass is 32.1. The molecule has 6 nitrogen and oxygen atoms in total. The standard InChI is InChI=1S/C18H21F2N5OS/c1-12-22-23-16(27-12)14-2-6-21-10-15(14)24-7-3-13(4-8-24)17(26)25-9-5-18(19,20)11-25/h2,6,10,13H,3-5,7-9,11H2,1H3. The SMILES string of the molecule is Cc1nnc(-c2ccncc2N2CCC(C(=O)N3CCC(F)(F)C3)CC2)s1. The molecule has 0 bridgehead atoms. The second-order valence-corrected chi connectivity index (χ2v) is 8.33. The maximum Gasteiger partial charge on any atom is 0.267 e. The van der Waals surface area contributed by atoms with Gasteiger partial charge in [0.05, 0.1) is 18.4 Å². The van der Waals surface area contributed by atoms with E-state index in [1.807, 2.05) is 19.2 Å². The normalized spacial score (nSPS) is 20.3. The number of halogens is 2. The molecule has 9 heteroatoms. The van der Waals surface area contributed by atoms with Crippen LogP contribution in [0.2, 0.25) is 0 Å². The van der Waals surface area contributed by atoms with Crippen molar-refractivity contribution in [2.24, 2.45) is 5.92 Å². The predicted octanol–water partition coefficient (Wildman–Crippen LogP) is 2.99. The molecule has 4 heterocycles. The minimum atomic E-state index is -2.74. The quantitative estimate of drug-likeness (QED) is 0.802. The van der Waals surface area contributed by atoms with Crippen LogP contribution in [-0.2, 0) is 4.79 Å². The van der Waals surface area contributed by atoms with Gasteiger partial charge in [0.2, 0.25) is 5.91 Å². The zero-order valence-electron chi connectivity index (χ0n) is 15.1. The Hall–Kier alpha value is -2.16. The first kappa shape index (κ1) is 18.2. The van der Waals surface area contributed by atoms with Crippen molar-refractivity contribution >= 4 is 22.9 Å². The number of aryl methyl sites for hydroxylation is 1. The summed E-state index contributed by atoms with van der Waals surface area (Å²) < 4.78 is 26.8. The van der Waals surface area contributed by atoms with Crippen LogP contribution in [0.5, 0.6) is 0 Å². The van der Waals surface area contributed by atoms with Gasteiger partial charge in [-0.25, -0.2) is 8.78 Å². The number of piperidine rings is 1. The fourth-order valence-electron chi connectivity index (χ4n) is 3.77. The van der Waals surface area contributed by atoms with Crippen LogP contribution >= 0.6 is 11.3 Å². The van der Waals surface area contributed by atoms with Crippen LogP contribution in [0.25, 0.3) is 10.6 Å². The lowest BCUT2D eigenvalue weighted by atomic mass is 9.94. The molecular weight excluding hydrogens is 372 g/mol. The summed E-state index contributed by atoms with van der Waals surface area (Å²) in [6.07, 6.45) is 4.64. The first-order valence-corrected chi connectivity index (χ1v) is 9.91. The predicted molar refractivity (Wildman–Crippen MR) is 99.0 cm³/mol. The Morgan fingerprint density at radius 2 is 2.04 bits per heavy atom. The van der Waals surface area contributed by atoms with Gasteiger partial charge in [0, 0.05) is 43.7 Å². The van der Waals surface area contributed by atoms with Crippen molar-refractivity contribution in [2.45, 2.75) is 32.1 Å². The molecule has 0 N–H and O–H groups in total. The lowest BCUT2D eigenvalue weighted by molar-refractivity contribution is -0.136. The average molecular weight is 393 g/mol. The minimum Gasteiger partial charge on any atom is -0.370 e. The second-order valence-electron chi connectivity index (χ2n) is 7.15. The molecule has 2 fully saturated rings. The topological polar surface area (TPSA) is 62.2 Å². The van der Waals surface area contributed by atoms with Crippen LogP contribution in [0.1, 0.15) is 24.3 Å². The molecule has 0 atom stereocenters. The molecule has 0 aromatic carbocycles. The summed E-state index contributed by atoms with van der Waals surface area (Å²) in [7, 11) is 0. The number of aromatic nitrogens is 3. The Bertz CT molecular complexity index is 835. The molecule has 0 radical (unpaired) electrons. The average Bonchev–Trinajstić information content (AvgIpc) is 3.26. The van der Waals surface area contributed by atoms with Crippen molar-refractivity contribution in [1.82, 2.24) is 20.1 Å². The van der Waals surface area contributed by atoms with Gasteiger partial charge in [-0.3, -0.25) is 9.78 Å². The third-order valence-electron chi connectivity index (χ3n) is 5.22. The summed E-state index contributed by atoms with van der Waals surface area (Å²) in [5, 5.41) is 10.1. The van der Waals surface area contributed by atoms with Gasteiger partial charge < -0.3 is 9.80 Å². The molecule has 4 rings (SSSR count). The van der Waals surface area contributed by atoms with E-state index in [1.54, 1.807) is 6.20 Å². The van der Waals surface area contributed by atoms with Crippen LogP contribution in [-0.4, -0.2) is 58.1 Å². The molecule has 0 spiro atoms. The fraction of sp³-hybridized carbons (Fsp3) is 0.556. The molecule has 0 saturated carbocycles. The van der Waals surface area contributed by atoms with E-state index in [9.17, 15) is 13.6 Å². The van der Waals surface area contributed by atoms with Gasteiger partial charge in [0.15, 0.2) is 0 Å². The van der Waals surface area contributed by atoms with Crippen molar-refractivity contribution in [3.63, 3.8) is 0 Å². The van der Waals surface area contributed by atoms with Crippen LogP contribution in [0, 0.1) is 12.8 Å². The number of pyridine rings is 1. The zero-order valence-corrected chi connectivity index (χ0v) is 15.9. The molecule has 0 aliphatic carbocycles. The Morgan fingerprint density at radius 1 is 1.26 bits per heavy atom. The highest BCUT2D eigenvalue weighted by molar-refractivity contribution is 7.14. The molecule has 0 unspecified atom stereocenters. The summed E-state index contributed by atoms with van der Waals surface area (Å²) >= 11 is 1.53. The van der Waals surface area contributed by atoms with E-state index in [0.717, 1.165) is 21.3 Å². The van der Waals surface area contributed by atoms with E-state index in [4.69, 9.17) is 0 Å². The summed E-state index contributed by atoms with van der Waals surface area (Å²) in [6.45, 7) is 3.03. The van der Waals surface area contributed by atoms with Gasteiger partial charge in [-0.2, -0.15) is 0 Å². The molecule has 2 saturated heterocycles. The van der Waals surface area contributed by atoms with Crippen LogP contribution in [0.3, 0.4) is 0 Å². The Balaban J connectivity index is 1.44. The number of nitrogens with zero attached hydrogens (tertiary/aromatic N) is 5.